The van der Waals surface area contributed by atoms with Gasteiger partial charge in [-0.05, 0) is 22.7 Å². The van der Waals surface area contributed by atoms with E-state index >= 15 is 0 Å². The quantitative estimate of drug-likeness (QED) is 0.629. The van der Waals surface area contributed by atoms with Crippen molar-refractivity contribution in [1.29, 1.82) is 0 Å². The first-order valence-electron chi connectivity index (χ1n) is 6.69. The average molecular weight is 284 g/mol. The first-order chi connectivity index (χ1) is 9.54. The summed E-state index contributed by atoms with van der Waals surface area (Å²) >= 11 is 0. The minimum Gasteiger partial charge on any atom is -0.394 e. The first kappa shape index (κ1) is 14.7. The molecular weight excluding hydrogens is 264 g/mol. The lowest BCUT2D eigenvalue weighted by Crippen LogP contribution is -2.38. The summed E-state index contributed by atoms with van der Waals surface area (Å²) in [6.45, 7) is 3.50. The molecule has 1 aromatic heterocycles. The summed E-state index contributed by atoms with van der Waals surface area (Å²) in [5, 5.41) is 19.8. The molecule has 20 heavy (non-hydrogen) atoms. The fourth-order valence-electron chi connectivity index (χ4n) is 2.51. The molecule has 112 valence electrons. The summed E-state index contributed by atoms with van der Waals surface area (Å²) in [5.41, 5.74) is 0. The predicted molar refractivity (Wildman–Crippen MR) is 72.9 cm³/mol. The highest BCUT2D eigenvalue weighted by molar-refractivity contribution is 5.56. The summed E-state index contributed by atoms with van der Waals surface area (Å²) in [6.07, 6.45) is 1.70. The molecule has 0 radical (unpaired) electrons. The van der Waals surface area contributed by atoms with Crippen LogP contribution >= 0.6 is 0 Å². The summed E-state index contributed by atoms with van der Waals surface area (Å²) in [5.74, 6) is 1.11. The standard InChI is InChI=1S/C12H20N4O4/c1-9-13-11(16(18)19)12(14(9)2)15-5-3-10(4-6-15)20-8-7-17/h10,17H,3-8H2,1-2H3. The molecule has 0 spiro atoms. The third-order valence-corrected chi connectivity index (χ3v) is 3.63. The fraction of sp³-hybridized carbons (Fsp3) is 0.750. The van der Waals surface area contributed by atoms with Gasteiger partial charge in [0.2, 0.25) is 11.6 Å². The van der Waals surface area contributed by atoms with Crippen molar-refractivity contribution in [1.82, 2.24) is 9.55 Å². The van der Waals surface area contributed by atoms with Gasteiger partial charge in [-0.2, -0.15) is 0 Å². The van der Waals surface area contributed by atoms with Crippen LogP contribution in [0.5, 0.6) is 0 Å². The lowest BCUT2D eigenvalue weighted by molar-refractivity contribution is -0.388. The van der Waals surface area contributed by atoms with E-state index in [0.717, 1.165) is 12.8 Å². The lowest BCUT2D eigenvalue weighted by Gasteiger charge is -2.32. The van der Waals surface area contributed by atoms with Gasteiger partial charge < -0.3 is 24.9 Å². The van der Waals surface area contributed by atoms with E-state index in [0.29, 0.717) is 31.3 Å². The monoisotopic (exact) mass is 284 g/mol. The van der Waals surface area contributed by atoms with E-state index in [9.17, 15) is 10.1 Å². The van der Waals surface area contributed by atoms with Crippen LogP contribution in [0.2, 0.25) is 0 Å². The maximum absolute atomic E-state index is 11.1. The van der Waals surface area contributed by atoms with E-state index in [1.165, 1.54) is 0 Å². The molecule has 2 heterocycles. The highest BCUT2D eigenvalue weighted by atomic mass is 16.6. The van der Waals surface area contributed by atoms with Crippen LogP contribution < -0.4 is 4.90 Å². The van der Waals surface area contributed by atoms with Crippen LogP contribution in [0.3, 0.4) is 0 Å². The topological polar surface area (TPSA) is 93.7 Å². The minimum absolute atomic E-state index is 0.0204. The second-order valence-electron chi connectivity index (χ2n) is 4.90. The van der Waals surface area contributed by atoms with Crippen LogP contribution in [0.15, 0.2) is 0 Å². The Hall–Kier alpha value is -1.67. The Morgan fingerprint density at radius 2 is 2.15 bits per heavy atom. The van der Waals surface area contributed by atoms with Crippen LogP contribution in [0, 0.1) is 17.0 Å². The smallest absolute Gasteiger partial charge is 0.394 e. The van der Waals surface area contributed by atoms with Crippen LogP contribution in [-0.2, 0) is 11.8 Å². The molecule has 1 N–H and O–H groups in total. The second kappa shape index (κ2) is 6.19. The predicted octanol–water partition coefficient (Wildman–Crippen LogP) is 0.614. The zero-order valence-electron chi connectivity index (χ0n) is 11.8. The van der Waals surface area contributed by atoms with Crippen molar-refractivity contribution in [3.8, 4) is 0 Å². The van der Waals surface area contributed by atoms with E-state index in [4.69, 9.17) is 9.84 Å². The molecule has 2 rings (SSSR count). The Morgan fingerprint density at radius 3 is 2.70 bits per heavy atom. The van der Waals surface area contributed by atoms with E-state index in [1.807, 2.05) is 4.90 Å². The van der Waals surface area contributed by atoms with Crippen molar-refractivity contribution in [2.75, 3.05) is 31.2 Å². The molecule has 0 amide bonds. The molecule has 1 aromatic rings. The Labute approximate surface area is 117 Å². The van der Waals surface area contributed by atoms with Gasteiger partial charge in [-0.25, -0.2) is 0 Å². The Kier molecular flexibility index (Phi) is 4.56. The SMILES string of the molecule is Cc1nc([N+](=O)[O-])c(N2CCC(OCCO)CC2)n1C. The summed E-state index contributed by atoms with van der Waals surface area (Å²) in [7, 11) is 1.79. The largest absolute Gasteiger partial charge is 0.406 e. The zero-order valence-corrected chi connectivity index (χ0v) is 11.8. The molecule has 0 aromatic carbocycles. The molecule has 0 bridgehead atoms. The summed E-state index contributed by atoms with van der Waals surface area (Å²) in [4.78, 5) is 16.6. The van der Waals surface area contributed by atoms with Gasteiger partial charge in [-0.3, -0.25) is 4.57 Å². The molecule has 8 heteroatoms. The zero-order chi connectivity index (χ0) is 14.7. The van der Waals surface area contributed by atoms with Crippen LogP contribution in [0.25, 0.3) is 0 Å². The third-order valence-electron chi connectivity index (χ3n) is 3.63. The van der Waals surface area contributed by atoms with Crippen LogP contribution in [-0.4, -0.2) is 52.0 Å². The van der Waals surface area contributed by atoms with Gasteiger partial charge in [-0.1, -0.05) is 0 Å². The molecule has 1 fully saturated rings. The molecular formula is C12H20N4O4. The summed E-state index contributed by atoms with van der Waals surface area (Å²) < 4.78 is 7.25. The number of aryl methyl sites for hydroxylation is 1. The van der Waals surface area contributed by atoms with Crippen molar-refractivity contribution >= 4 is 11.6 Å². The molecule has 1 aliphatic rings. The van der Waals surface area contributed by atoms with Crippen molar-refractivity contribution in [2.45, 2.75) is 25.9 Å². The van der Waals surface area contributed by atoms with Gasteiger partial charge in [0.05, 0.1) is 19.3 Å². The maximum atomic E-state index is 11.1. The number of rotatable bonds is 5. The number of imidazole rings is 1. The van der Waals surface area contributed by atoms with Gasteiger partial charge in [0.15, 0.2) is 0 Å². The van der Waals surface area contributed by atoms with Gasteiger partial charge in [-0.15, -0.1) is 0 Å². The van der Waals surface area contributed by atoms with Gasteiger partial charge in [0.25, 0.3) is 0 Å². The fourth-order valence-corrected chi connectivity index (χ4v) is 2.51. The third kappa shape index (κ3) is 2.91. The minimum atomic E-state index is -0.434. The molecule has 1 aliphatic heterocycles. The first-order valence-corrected chi connectivity index (χ1v) is 6.69. The number of ether oxygens (including phenoxy) is 1. The van der Waals surface area contributed by atoms with Gasteiger partial charge >= 0.3 is 5.82 Å². The van der Waals surface area contributed by atoms with Crippen LogP contribution in [0.1, 0.15) is 18.7 Å². The van der Waals surface area contributed by atoms with Crippen molar-refractivity contribution in [2.24, 2.45) is 7.05 Å². The Morgan fingerprint density at radius 1 is 1.50 bits per heavy atom. The molecule has 0 aliphatic carbocycles. The molecule has 8 nitrogen and oxygen atoms in total. The summed E-state index contributed by atoms with van der Waals surface area (Å²) in [6, 6.07) is 0. The number of aromatic nitrogens is 2. The number of anilines is 1. The Balaban J connectivity index is 2.09. The van der Waals surface area contributed by atoms with Gasteiger partial charge in [0, 0.05) is 27.1 Å². The number of aliphatic hydroxyl groups is 1. The van der Waals surface area contributed by atoms with Gasteiger partial charge in [0.1, 0.15) is 0 Å². The average Bonchev–Trinajstić information content (AvgIpc) is 2.74. The van der Waals surface area contributed by atoms with E-state index in [2.05, 4.69) is 4.98 Å². The maximum Gasteiger partial charge on any atom is 0.406 e. The second-order valence-corrected chi connectivity index (χ2v) is 4.90. The van der Waals surface area contributed by atoms with Crippen molar-refractivity contribution in [3.63, 3.8) is 0 Å². The highest BCUT2D eigenvalue weighted by Crippen LogP contribution is 2.30. The number of hydrogen-bond donors (Lipinski definition) is 1. The number of aliphatic hydroxyl groups excluding tert-OH is 1. The highest BCUT2D eigenvalue weighted by Gasteiger charge is 2.31. The van der Waals surface area contributed by atoms with E-state index in [1.54, 1.807) is 18.5 Å². The number of hydrogen-bond acceptors (Lipinski definition) is 6. The van der Waals surface area contributed by atoms with E-state index in [-0.39, 0.29) is 18.5 Å². The van der Waals surface area contributed by atoms with Crippen molar-refractivity contribution < 1.29 is 14.8 Å². The van der Waals surface area contributed by atoms with Crippen LogP contribution in [0.4, 0.5) is 11.6 Å². The van der Waals surface area contributed by atoms with Crippen molar-refractivity contribution in [3.05, 3.63) is 15.9 Å². The molecule has 1 saturated heterocycles. The number of nitrogens with zero attached hydrogens (tertiary/aromatic N) is 4. The Bertz CT molecular complexity index is 480. The normalized spacial score (nSPS) is 16.6. The molecule has 0 atom stereocenters. The molecule has 0 unspecified atom stereocenters. The van der Waals surface area contributed by atoms with E-state index < -0.39 is 4.92 Å². The lowest BCUT2D eigenvalue weighted by atomic mass is 10.1. The number of nitro groups is 1. The number of piperidine rings is 1. The molecule has 0 saturated carbocycles.